The maximum atomic E-state index is 11.9. The van der Waals surface area contributed by atoms with Gasteiger partial charge in [-0.15, -0.1) is 10.2 Å². The van der Waals surface area contributed by atoms with Gasteiger partial charge >= 0.3 is 0 Å². The van der Waals surface area contributed by atoms with E-state index in [-0.39, 0.29) is 0 Å². The Hall–Kier alpha value is -2.82. The number of benzene rings is 1. The van der Waals surface area contributed by atoms with Crippen molar-refractivity contribution in [1.82, 2.24) is 29.0 Å². The average molecular weight is 496 g/mol. The van der Waals surface area contributed by atoms with Crippen molar-refractivity contribution in [3.05, 3.63) is 71.9 Å². The quantitative estimate of drug-likeness (QED) is 0.497. The van der Waals surface area contributed by atoms with Crippen LogP contribution in [0.2, 0.25) is 0 Å². The first-order valence-electron chi connectivity index (χ1n) is 12.3. The van der Waals surface area contributed by atoms with Crippen LogP contribution in [-0.4, -0.2) is 82.9 Å². The third-order valence-corrected chi connectivity index (χ3v) is 8.34. The molecule has 0 unspecified atom stereocenters. The van der Waals surface area contributed by atoms with Gasteiger partial charge in [-0.05, 0) is 30.5 Å². The van der Waals surface area contributed by atoms with Gasteiger partial charge in [0.1, 0.15) is 17.5 Å². The molecule has 2 aliphatic rings. The van der Waals surface area contributed by atoms with Crippen LogP contribution in [0.25, 0.3) is 0 Å². The normalized spacial score (nSPS) is 18.7. The Morgan fingerprint density at radius 3 is 2.23 bits per heavy atom. The number of aromatic nitrogens is 4. The van der Waals surface area contributed by atoms with Crippen LogP contribution in [0.5, 0.6) is 0 Å². The van der Waals surface area contributed by atoms with Crippen molar-refractivity contribution in [2.45, 2.75) is 31.8 Å². The molecule has 0 N–H and O–H groups in total. The fourth-order valence-electron chi connectivity index (χ4n) is 5.03. The van der Waals surface area contributed by atoms with Crippen molar-refractivity contribution in [3.8, 4) is 0 Å². The fourth-order valence-corrected chi connectivity index (χ4v) is 5.86. The number of sulfonamides is 1. The minimum absolute atomic E-state index is 0.349. The molecule has 2 saturated heterocycles. The van der Waals surface area contributed by atoms with Crippen molar-refractivity contribution in [3.63, 3.8) is 0 Å². The van der Waals surface area contributed by atoms with Crippen LogP contribution >= 0.6 is 0 Å². The lowest BCUT2D eigenvalue weighted by molar-refractivity contribution is 0.176. The second-order valence-corrected chi connectivity index (χ2v) is 11.4. The maximum absolute atomic E-state index is 11.9. The number of hydrogen-bond donors (Lipinski definition) is 0. The fraction of sp³-hybridized carbons (Fsp3) is 0.480. The van der Waals surface area contributed by atoms with Crippen molar-refractivity contribution in [2.24, 2.45) is 0 Å². The van der Waals surface area contributed by atoms with E-state index in [4.69, 9.17) is 5.10 Å². The molecule has 0 aliphatic carbocycles. The molecule has 5 rings (SSSR count). The van der Waals surface area contributed by atoms with Crippen LogP contribution in [0.3, 0.4) is 0 Å². The highest BCUT2D eigenvalue weighted by atomic mass is 32.2. The molecule has 0 amide bonds. The molecule has 0 radical (unpaired) electrons. The summed E-state index contributed by atoms with van der Waals surface area (Å²) in [5.74, 6) is 3.38. The van der Waals surface area contributed by atoms with Gasteiger partial charge in [0.2, 0.25) is 10.0 Å². The highest BCUT2D eigenvalue weighted by molar-refractivity contribution is 7.88. The molecular weight excluding hydrogens is 462 g/mol. The number of anilines is 1. The number of rotatable bonds is 7. The highest BCUT2D eigenvalue weighted by Crippen LogP contribution is 2.30. The summed E-state index contributed by atoms with van der Waals surface area (Å²) in [4.78, 5) is 9.13. The van der Waals surface area contributed by atoms with Gasteiger partial charge in [0, 0.05) is 51.4 Å². The summed E-state index contributed by atoms with van der Waals surface area (Å²) in [5.41, 5.74) is 1.22. The van der Waals surface area contributed by atoms with Crippen molar-refractivity contribution >= 4 is 15.8 Å². The number of pyridine rings is 1. The first kappa shape index (κ1) is 23.9. The van der Waals surface area contributed by atoms with Crippen molar-refractivity contribution < 1.29 is 8.42 Å². The van der Waals surface area contributed by atoms with Gasteiger partial charge in [0.25, 0.3) is 0 Å². The first-order valence-corrected chi connectivity index (χ1v) is 14.1. The van der Waals surface area contributed by atoms with E-state index in [0.717, 1.165) is 49.9 Å². The van der Waals surface area contributed by atoms with Gasteiger partial charge in [-0.25, -0.2) is 13.4 Å². The Balaban J connectivity index is 1.32. The molecule has 2 aliphatic heterocycles. The summed E-state index contributed by atoms with van der Waals surface area (Å²) in [5, 5.41) is 9.34. The van der Waals surface area contributed by atoms with Crippen LogP contribution < -0.4 is 4.90 Å². The van der Waals surface area contributed by atoms with E-state index in [1.54, 1.807) is 4.31 Å². The topological polar surface area (TPSA) is 87.5 Å². The summed E-state index contributed by atoms with van der Waals surface area (Å²) in [7, 11) is -3.14. The number of nitrogens with zero attached hydrogens (tertiary/aromatic N) is 7. The molecule has 0 atom stereocenters. The molecule has 2 fully saturated rings. The molecule has 10 heteroatoms. The molecular formula is C25H33N7O2S. The van der Waals surface area contributed by atoms with Crippen molar-refractivity contribution in [1.29, 1.82) is 0 Å². The minimum Gasteiger partial charge on any atom is -0.357 e. The van der Waals surface area contributed by atoms with E-state index in [9.17, 15) is 8.42 Å². The van der Waals surface area contributed by atoms with Gasteiger partial charge in [-0.2, -0.15) is 4.31 Å². The Kier molecular flexibility index (Phi) is 7.12. The summed E-state index contributed by atoms with van der Waals surface area (Å²) in [6, 6.07) is 16.5. The van der Waals surface area contributed by atoms with Crippen molar-refractivity contribution in [2.75, 3.05) is 50.4 Å². The zero-order valence-corrected chi connectivity index (χ0v) is 21.0. The van der Waals surface area contributed by atoms with Crippen LogP contribution in [0, 0.1) is 0 Å². The molecule has 2 aromatic heterocycles. The molecule has 186 valence electrons. The number of piperazine rings is 1. The SMILES string of the molecule is CS(=O)(=O)N1CCN(Cc2nnc(C3CCN(c4ccccn4)CC3)n2Cc2ccccc2)CC1. The van der Waals surface area contributed by atoms with E-state index in [1.807, 2.05) is 24.4 Å². The zero-order chi connectivity index (χ0) is 24.3. The lowest BCUT2D eigenvalue weighted by Gasteiger charge is -2.33. The summed E-state index contributed by atoms with van der Waals surface area (Å²) in [6.45, 7) is 5.74. The van der Waals surface area contributed by atoms with Crippen LogP contribution in [-0.2, 0) is 23.1 Å². The molecule has 35 heavy (non-hydrogen) atoms. The molecule has 3 aromatic rings. The van der Waals surface area contributed by atoms with Gasteiger partial charge in [-0.1, -0.05) is 36.4 Å². The lowest BCUT2D eigenvalue weighted by atomic mass is 9.95. The predicted molar refractivity (Wildman–Crippen MR) is 136 cm³/mol. The first-order chi connectivity index (χ1) is 17.0. The predicted octanol–water partition coefficient (Wildman–Crippen LogP) is 2.18. The van der Waals surface area contributed by atoms with Gasteiger partial charge in [0.15, 0.2) is 0 Å². The van der Waals surface area contributed by atoms with Crippen LogP contribution in [0.15, 0.2) is 54.7 Å². The number of piperidine rings is 1. The Bertz CT molecular complexity index is 1200. The summed E-state index contributed by atoms with van der Waals surface area (Å²) >= 11 is 0. The third kappa shape index (κ3) is 5.71. The third-order valence-electron chi connectivity index (χ3n) is 7.04. The van der Waals surface area contributed by atoms with Gasteiger partial charge in [-0.3, -0.25) is 4.90 Å². The molecule has 0 bridgehead atoms. The Morgan fingerprint density at radius 2 is 1.57 bits per heavy atom. The smallest absolute Gasteiger partial charge is 0.211 e. The van der Waals surface area contributed by atoms with E-state index in [1.165, 1.54) is 11.8 Å². The van der Waals surface area contributed by atoms with Crippen LogP contribution in [0.1, 0.15) is 36.0 Å². The van der Waals surface area contributed by atoms with E-state index < -0.39 is 10.0 Å². The second-order valence-electron chi connectivity index (χ2n) is 9.43. The minimum atomic E-state index is -3.14. The molecule has 0 saturated carbocycles. The standard InChI is InChI=1S/C25H33N7O2S/c1-35(33,34)31-17-15-29(16-18-31)20-24-27-28-25(32(24)19-21-7-3-2-4-8-21)22-10-13-30(14-11-22)23-9-5-6-12-26-23/h2-9,12,22H,10-11,13-20H2,1H3. The Morgan fingerprint density at radius 1 is 0.857 bits per heavy atom. The largest absolute Gasteiger partial charge is 0.357 e. The van der Waals surface area contributed by atoms with Gasteiger partial charge in [0.05, 0.1) is 19.3 Å². The van der Waals surface area contributed by atoms with Gasteiger partial charge < -0.3 is 9.47 Å². The molecule has 0 spiro atoms. The zero-order valence-electron chi connectivity index (χ0n) is 20.2. The maximum Gasteiger partial charge on any atom is 0.211 e. The number of hydrogen-bond acceptors (Lipinski definition) is 7. The molecule has 1 aromatic carbocycles. The van der Waals surface area contributed by atoms with Crippen LogP contribution in [0.4, 0.5) is 5.82 Å². The second kappa shape index (κ2) is 10.4. The van der Waals surface area contributed by atoms with E-state index >= 15 is 0 Å². The average Bonchev–Trinajstić information content (AvgIpc) is 3.27. The molecule has 4 heterocycles. The Labute approximate surface area is 207 Å². The molecule has 9 nitrogen and oxygen atoms in total. The van der Waals surface area contributed by atoms with E-state index in [0.29, 0.717) is 38.6 Å². The summed E-state index contributed by atoms with van der Waals surface area (Å²) in [6.07, 6.45) is 5.15. The summed E-state index contributed by atoms with van der Waals surface area (Å²) < 4.78 is 27.6. The highest BCUT2D eigenvalue weighted by Gasteiger charge is 2.29. The van der Waals surface area contributed by atoms with E-state index in [2.05, 4.69) is 54.8 Å². The monoisotopic (exact) mass is 495 g/mol. The lowest BCUT2D eigenvalue weighted by Crippen LogP contribution is -2.48.